The molecule has 7 heteroatoms. The van der Waals surface area contributed by atoms with Crippen molar-refractivity contribution in [3.05, 3.63) is 12.2 Å². The lowest BCUT2D eigenvalue weighted by Gasteiger charge is -2.36. The van der Waals surface area contributed by atoms with E-state index in [4.69, 9.17) is 4.74 Å². The zero-order valence-corrected chi connectivity index (χ0v) is 19.8. The van der Waals surface area contributed by atoms with Crippen LogP contribution in [0.4, 0.5) is 0 Å². The Balaban J connectivity index is 2.50. The predicted octanol–water partition coefficient (Wildman–Crippen LogP) is 2.53. The van der Waals surface area contributed by atoms with Crippen molar-refractivity contribution < 1.29 is 24.2 Å². The Labute approximate surface area is 186 Å². The lowest BCUT2D eigenvalue weighted by atomic mass is 9.70. The summed E-state index contributed by atoms with van der Waals surface area (Å²) in [5.41, 5.74) is 0. The van der Waals surface area contributed by atoms with E-state index < -0.39 is 35.8 Å². The summed E-state index contributed by atoms with van der Waals surface area (Å²) < 4.78 is 5.30. The van der Waals surface area contributed by atoms with Crippen LogP contribution in [0.1, 0.15) is 60.8 Å². The fraction of sp³-hybridized carbons (Fsp3) is 0.792. The number of carbonyl (C=O) groups excluding carboxylic acids is 3. The van der Waals surface area contributed by atoms with Gasteiger partial charge in [0, 0.05) is 12.0 Å². The van der Waals surface area contributed by atoms with Crippen molar-refractivity contribution in [2.24, 2.45) is 29.6 Å². The second-order valence-corrected chi connectivity index (χ2v) is 9.15. The molecule has 1 aliphatic carbocycles. The number of hydrogen-bond donors (Lipinski definition) is 2. The molecule has 0 spiro atoms. The monoisotopic (exact) mass is 436 g/mol. The molecule has 31 heavy (non-hydrogen) atoms. The van der Waals surface area contributed by atoms with E-state index in [1.165, 1.54) is 0 Å². The molecule has 2 rings (SSSR count). The Morgan fingerprint density at radius 1 is 1.23 bits per heavy atom. The molecule has 0 aromatic rings. The van der Waals surface area contributed by atoms with Gasteiger partial charge in [0.2, 0.25) is 11.8 Å². The average molecular weight is 437 g/mol. The zero-order chi connectivity index (χ0) is 23.3. The van der Waals surface area contributed by atoms with E-state index >= 15 is 0 Å². The highest BCUT2D eigenvalue weighted by atomic mass is 16.5. The molecule has 1 unspecified atom stereocenters. The lowest BCUT2D eigenvalue weighted by molar-refractivity contribution is -0.156. The number of carbonyl (C=O) groups is 3. The van der Waals surface area contributed by atoms with Crippen LogP contribution in [0.15, 0.2) is 12.2 Å². The van der Waals surface area contributed by atoms with Crippen molar-refractivity contribution in [2.75, 3.05) is 13.2 Å². The molecule has 2 N–H and O–H groups in total. The van der Waals surface area contributed by atoms with Gasteiger partial charge >= 0.3 is 5.97 Å². The summed E-state index contributed by atoms with van der Waals surface area (Å²) in [4.78, 5) is 41.5. The molecule has 1 fully saturated rings. The van der Waals surface area contributed by atoms with E-state index in [0.29, 0.717) is 0 Å². The van der Waals surface area contributed by atoms with Crippen LogP contribution in [0.3, 0.4) is 0 Å². The van der Waals surface area contributed by atoms with Crippen molar-refractivity contribution in [3.63, 3.8) is 0 Å². The van der Waals surface area contributed by atoms with Gasteiger partial charge in [-0.05, 0) is 32.1 Å². The molecule has 2 aliphatic rings. The van der Waals surface area contributed by atoms with E-state index in [1.807, 2.05) is 39.8 Å². The van der Waals surface area contributed by atoms with E-state index in [0.717, 1.165) is 19.3 Å². The highest BCUT2D eigenvalue weighted by molar-refractivity contribution is 5.96. The number of likely N-dealkylation sites (tertiary alicyclic amines) is 1. The molecule has 0 bridgehead atoms. The summed E-state index contributed by atoms with van der Waals surface area (Å²) in [6.45, 7) is 11.7. The van der Waals surface area contributed by atoms with Gasteiger partial charge < -0.3 is 20.1 Å². The van der Waals surface area contributed by atoms with E-state index in [-0.39, 0.29) is 42.9 Å². The molecular formula is C24H40N2O5. The molecule has 1 aliphatic heterocycles. The molecule has 7 nitrogen and oxygen atoms in total. The van der Waals surface area contributed by atoms with Crippen molar-refractivity contribution in [1.29, 1.82) is 0 Å². The first kappa shape index (κ1) is 25.4. The van der Waals surface area contributed by atoms with Crippen LogP contribution in [0, 0.1) is 29.6 Å². The van der Waals surface area contributed by atoms with Crippen LogP contribution in [0.2, 0.25) is 0 Å². The van der Waals surface area contributed by atoms with Crippen LogP contribution in [-0.2, 0) is 19.1 Å². The maximum absolute atomic E-state index is 13.7. The van der Waals surface area contributed by atoms with E-state index in [1.54, 1.807) is 11.8 Å². The molecule has 2 amide bonds. The Morgan fingerprint density at radius 3 is 2.45 bits per heavy atom. The Morgan fingerprint density at radius 2 is 1.90 bits per heavy atom. The van der Waals surface area contributed by atoms with Gasteiger partial charge in [-0.3, -0.25) is 14.4 Å². The number of aliphatic hydroxyl groups is 1. The van der Waals surface area contributed by atoms with Gasteiger partial charge in [-0.1, -0.05) is 52.7 Å². The fourth-order valence-corrected chi connectivity index (χ4v) is 5.14. The second kappa shape index (κ2) is 11.1. The minimum atomic E-state index is -0.747. The number of esters is 1. The van der Waals surface area contributed by atoms with Crippen molar-refractivity contribution in [1.82, 2.24) is 10.2 Å². The molecule has 1 saturated heterocycles. The molecule has 176 valence electrons. The third kappa shape index (κ3) is 5.13. The van der Waals surface area contributed by atoms with E-state index in [2.05, 4.69) is 12.2 Å². The van der Waals surface area contributed by atoms with Gasteiger partial charge in [0.1, 0.15) is 6.04 Å². The number of amides is 2. The smallest absolute Gasteiger partial charge is 0.310 e. The number of fused-ring (bicyclic) bond motifs is 1. The van der Waals surface area contributed by atoms with E-state index in [9.17, 15) is 19.5 Å². The molecular weight excluding hydrogens is 396 g/mol. The Bertz CT molecular complexity index is 679. The second-order valence-electron chi connectivity index (χ2n) is 9.15. The minimum Gasteiger partial charge on any atom is -0.466 e. The topological polar surface area (TPSA) is 95.9 Å². The van der Waals surface area contributed by atoms with Crippen molar-refractivity contribution in [3.8, 4) is 0 Å². The zero-order valence-electron chi connectivity index (χ0n) is 19.8. The predicted molar refractivity (Wildman–Crippen MR) is 119 cm³/mol. The Hall–Kier alpha value is -1.89. The number of allylic oxidation sites excluding steroid dienone is 1. The summed E-state index contributed by atoms with van der Waals surface area (Å²) in [6.07, 6.45) is 6.39. The minimum absolute atomic E-state index is 0.0138. The van der Waals surface area contributed by atoms with Gasteiger partial charge in [0.15, 0.2) is 0 Å². The molecule has 0 aromatic carbocycles. The van der Waals surface area contributed by atoms with Crippen LogP contribution >= 0.6 is 0 Å². The molecule has 0 radical (unpaired) electrons. The quantitative estimate of drug-likeness (QED) is 0.405. The molecule has 1 heterocycles. The van der Waals surface area contributed by atoms with Gasteiger partial charge in [-0.2, -0.15) is 0 Å². The molecule has 0 saturated carbocycles. The number of ether oxygens (including phenoxy) is 1. The fourth-order valence-electron chi connectivity index (χ4n) is 5.14. The van der Waals surface area contributed by atoms with Gasteiger partial charge in [0.05, 0.1) is 31.1 Å². The summed E-state index contributed by atoms with van der Waals surface area (Å²) in [7, 11) is 0. The first-order valence-corrected chi connectivity index (χ1v) is 11.8. The maximum Gasteiger partial charge on any atom is 0.310 e. The summed E-state index contributed by atoms with van der Waals surface area (Å²) >= 11 is 0. The third-order valence-corrected chi connectivity index (χ3v) is 6.99. The van der Waals surface area contributed by atoms with Gasteiger partial charge in [0.25, 0.3) is 0 Å². The Kier molecular flexibility index (Phi) is 9.10. The number of nitrogens with one attached hydrogen (secondary N) is 1. The lowest BCUT2D eigenvalue weighted by Crippen LogP contribution is -2.55. The number of hydrogen-bond acceptors (Lipinski definition) is 5. The summed E-state index contributed by atoms with van der Waals surface area (Å²) in [6, 6.07) is -1.24. The maximum atomic E-state index is 13.7. The summed E-state index contributed by atoms with van der Waals surface area (Å²) in [5.74, 6) is -2.71. The standard InChI is InChI=1S/C24H40N2O5/c1-7-10-16(6)25-22(28)21-17-12-11-15(5)19(24(30)31-9-3)20(17)23(29)26(21)18(13-27)14(4)8-2/h11-12,14-21,27H,7-10,13H2,1-6H3,(H,25,28)/t14-,15+,16?,17-,18-,19+,20-,21-/m0/s1. The number of aliphatic hydroxyl groups excluding tert-OH is 1. The SMILES string of the molecule is CCCC(C)NC(=O)[C@@H]1[C@H]2C=C[C@@H](C)[C@@H](C(=O)OCC)[C@H]2C(=O)N1[C@@H](CO)[C@@H](C)CC. The third-order valence-electron chi connectivity index (χ3n) is 6.99. The van der Waals surface area contributed by atoms with Crippen LogP contribution in [-0.4, -0.2) is 59.1 Å². The summed E-state index contributed by atoms with van der Waals surface area (Å²) in [5, 5.41) is 13.2. The van der Waals surface area contributed by atoms with Crippen LogP contribution < -0.4 is 5.32 Å². The molecule has 8 atom stereocenters. The average Bonchev–Trinajstić information content (AvgIpc) is 3.01. The first-order valence-electron chi connectivity index (χ1n) is 11.8. The molecule has 0 aromatic heterocycles. The first-order chi connectivity index (χ1) is 14.7. The van der Waals surface area contributed by atoms with Crippen molar-refractivity contribution >= 4 is 17.8 Å². The van der Waals surface area contributed by atoms with Gasteiger partial charge in [-0.25, -0.2) is 0 Å². The van der Waals surface area contributed by atoms with Crippen molar-refractivity contribution in [2.45, 2.75) is 78.9 Å². The van der Waals surface area contributed by atoms with Gasteiger partial charge in [-0.15, -0.1) is 0 Å². The van der Waals surface area contributed by atoms with Crippen LogP contribution in [0.5, 0.6) is 0 Å². The highest BCUT2D eigenvalue weighted by Gasteiger charge is 2.58. The normalized spacial score (nSPS) is 30.5. The largest absolute Gasteiger partial charge is 0.466 e. The van der Waals surface area contributed by atoms with Crippen LogP contribution in [0.25, 0.3) is 0 Å². The number of rotatable bonds is 10. The highest BCUT2D eigenvalue weighted by Crippen LogP contribution is 2.45. The number of nitrogens with zero attached hydrogens (tertiary/aromatic N) is 1.